The molecule has 0 radical (unpaired) electrons. The molecule has 2 N–H and O–H groups in total. The second-order valence-corrected chi connectivity index (χ2v) is 5.79. The van der Waals surface area contributed by atoms with Gasteiger partial charge in [-0.25, -0.2) is 0 Å². The standard InChI is InChI=1S/C17H17ClN2O/c1-11-6-7-15(14(18)8-11)20-17(21)16-9-12-4-2-3-5-13(12)10-19-16/h2-8,16,19H,9-10H2,1H3,(H,20,21)/t16-/m0/s1. The lowest BCUT2D eigenvalue weighted by Crippen LogP contribution is -2.44. The zero-order valence-corrected chi connectivity index (χ0v) is 12.6. The molecule has 1 amide bonds. The maximum absolute atomic E-state index is 12.4. The van der Waals surface area contributed by atoms with Crippen LogP contribution in [-0.2, 0) is 17.8 Å². The number of amides is 1. The van der Waals surface area contributed by atoms with E-state index in [1.165, 1.54) is 11.1 Å². The van der Waals surface area contributed by atoms with Crippen LogP contribution in [0.2, 0.25) is 5.02 Å². The average Bonchev–Trinajstić information content (AvgIpc) is 2.49. The molecule has 0 aliphatic carbocycles. The largest absolute Gasteiger partial charge is 0.323 e. The summed E-state index contributed by atoms with van der Waals surface area (Å²) < 4.78 is 0. The summed E-state index contributed by atoms with van der Waals surface area (Å²) in [7, 11) is 0. The fourth-order valence-corrected chi connectivity index (χ4v) is 2.86. The van der Waals surface area contributed by atoms with Crippen molar-refractivity contribution in [3.05, 3.63) is 64.2 Å². The Morgan fingerprint density at radius 3 is 2.76 bits per heavy atom. The van der Waals surface area contributed by atoms with Gasteiger partial charge >= 0.3 is 0 Å². The Labute approximate surface area is 129 Å². The number of benzene rings is 2. The highest BCUT2D eigenvalue weighted by atomic mass is 35.5. The Balaban J connectivity index is 1.72. The van der Waals surface area contributed by atoms with Gasteiger partial charge in [-0.05, 0) is 42.2 Å². The van der Waals surface area contributed by atoms with Gasteiger partial charge < -0.3 is 10.6 Å². The first-order valence-corrected chi connectivity index (χ1v) is 7.38. The summed E-state index contributed by atoms with van der Waals surface area (Å²) in [5.74, 6) is -0.0461. The van der Waals surface area contributed by atoms with Crippen molar-refractivity contribution < 1.29 is 4.79 Å². The Bertz CT molecular complexity index is 684. The van der Waals surface area contributed by atoms with E-state index in [4.69, 9.17) is 11.6 Å². The van der Waals surface area contributed by atoms with E-state index in [9.17, 15) is 4.79 Å². The lowest BCUT2D eigenvalue weighted by molar-refractivity contribution is -0.118. The Morgan fingerprint density at radius 1 is 1.24 bits per heavy atom. The van der Waals surface area contributed by atoms with E-state index >= 15 is 0 Å². The molecule has 1 heterocycles. The van der Waals surface area contributed by atoms with Gasteiger partial charge in [0.2, 0.25) is 5.91 Å². The molecule has 0 fully saturated rings. The van der Waals surface area contributed by atoms with Crippen LogP contribution in [0.3, 0.4) is 0 Å². The minimum Gasteiger partial charge on any atom is -0.323 e. The van der Waals surface area contributed by atoms with Gasteiger partial charge in [0.15, 0.2) is 0 Å². The molecule has 0 saturated carbocycles. The van der Waals surface area contributed by atoms with Gasteiger partial charge in [-0.2, -0.15) is 0 Å². The van der Waals surface area contributed by atoms with Crippen LogP contribution in [0.4, 0.5) is 5.69 Å². The number of carbonyl (C=O) groups is 1. The minimum atomic E-state index is -0.225. The first kappa shape index (κ1) is 14.1. The van der Waals surface area contributed by atoms with Gasteiger partial charge in [0.25, 0.3) is 0 Å². The molecule has 1 atom stereocenters. The Morgan fingerprint density at radius 2 is 2.00 bits per heavy atom. The summed E-state index contributed by atoms with van der Waals surface area (Å²) in [5, 5.41) is 6.74. The smallest absolute Gasteiger partial charge is 0.241 e. The van der Waals surface area contributed by atoms with Crippen molar-refractivity contribution >= 4 is 23.2 Å². The fraction of sp³-hybridized carbons (Fsp3) is 0.235. The van der Waals surface area contributed by atoms with Crippen molar-refractivity contribution in [2.24, 2.45) is 0 Å². The van der Waals surface area contributed by atoms with Crippen molar-refractivity contribution in [3.8, 4) is 0 Å². The topological polar surface area (TPSA) is 41.1 Å². The van der Waals surface area contributed by atoms with E-state index in [1.54, 1.807) is 0 Å². The molecule has 3 nitrogen and oxygen atoms in total. The van der Waals surface area contributed by atoms with E-state index in [0.29, 0.717) is 17.1 Å². The molecule has 21 heavy (non-hydrogen) atoms. The molecule has 2 aromatic carbocycles. The van der Waals surface area contributed by atoms with E-state index < -0.39 is 0 Å². The summed E-state index contributed by atoms with van der Waals surface area (Å²) >= 11 is 6.16. The number of fused-ring (bicyclic) bond motifs is 1. The van der Waals surface area contributed by atoms with Crippen LogP contribution in [0.25, 0.3) is 0 Å². The molecular weight excluding hydrogens is 284 g/mol. The van der Waals surface area contributed by atoms with Gasteiger partial charge in [-0.15, -0.1) is 0 Å². The lowest BCUT2D eigenvalue weighted by Gasteiger charge is -2.25. The normalized spacial score (nSPS) is 17.1. The van der Waals surface area contributed by atoms with E-state index in [1.807, 2.05) is 37.3 Å². The summed E-state index contributed by atoms with van der Waals surface area (Å²) in [6.07, 6.45) is 0.700. The first-order valence-electron chi connectivity index (χ1n) is 7.00. The molecule has 2 aromatic rings. The third-order valence-electron chi connectivity index (χ3n) is 3.78. The van der Waals surface area contributed by atoms with Gasteiger partial charge in [0.05, 0.1) is 16.8 Å². The van der Waals surface area contributed by atoms with Crippen LogP contribution in [0.15, 0.2) is 42.5 Å². The predicted molar refractivity (Wildman–Crippen MR) is 85.6 cm³/mol. The summed E-state index contributed by atoms with van der Waals surface area (Å²) in [5.41, 5.74) is 4.22. The lowest BCUT2D eigenvalue weighted by atomic mass is 9.95. The van der Waals surface area contributed by atoms with Crippen molar-refractivity contribution in [1.29, 1.82) is 0 Å². The molecule has 0 aromatic heterocycles. The number of aryl methyl sites for hydroxylation is 1. The third-order valence-corrected chi connectivity index (χ3v) is 4.09. The quantitative estimate of drug-likeness (QED) is 0.893. The average molecular weight is 301 g/mol. The second kappa shape index (κ2) is 5.88. The maximum atomic E-state index is 12.4. The van der Waals surface area contributed by atoms with Crippen molar-refractivity contribution in [2.45, 2.75) is 25.9 Å². The van der Waals surface area contributed by atoms with Gasteiger partial charge in [-0.1, -0.05) is 41.9 Å². The fourth-order valence-electron chi connectivity index (χ4n) is 2.58. The van der Waals surface area contributed by atoms with E-state index in [2.05, 4.69) is 22.8 Å². The molecule has 0 saturated heterocycles. The number of carbonyl (C=O) groups excluding carboxylic acids is 1. The number of hydrogen-bond donors (Lipinski definition) is 2. The molecule has 0 bridgehead atoms. The highest BCUT2D eigenvalue weighted by Gasteiger charge is 2.24. The zero-order valence-electron chi connectivity index (χ0n) is 11.8. The molecule has 4 heteroatoms. The Hall–Kier alpha value is -1.84. The number of rotatable bonds is 2. The summed E-state index contributed by atoms with van der Waals surface area (Å²) in [6.45, 7) is 2.69. The molecule has 0 unspecified atom stereocenters. The SMILES string of the molecule is Cc1ccc(NC(=O)[C@@H]2Cc3ccccc3CN2)c(Cl)c1. The molecule has 1 aliphatic heterocycles. The van der Waals surface area contributed by atoms with Crippen LogP contribution < -0.4 is 10.6 Å². The zero-order chi connectivity index (χ0) is 14.8. The van der Waals surface area contributed by atoms with Crippen molar-refractivity contribution in [1.82, 2.24) is 5.32 Å². The van der Waals surface area contributed by atoms with Crippen LogP contribution in [-0.4, -0.2) is 11.9 Å². The van der Waals surface area contributed by atoms with Crippen LogP contribution in [0, 0.1) is 6.92 Å². The second-order valence-electron chi connectivity index (χ2n) is 5.38. The maximum Gasteiger partial charge on any atom is 0.241 e. The van der Waals surface area contributed by atoms with Gasteiger partial charge in [0, 0.05) is 6.54 Å². The third kappa shape index (κ3) is 3.09. The monoisotopic (exact) mass is 300 g/mol. The number of hydrogen-bond acceptors (Lipinski definition) is 2. The van der Waals surface area contributed by atoms with Gasteiger partial charge in [0.1, 0.15) is 0 Å². The number of anilines is 1. The van der Waals surface area contributed by atoms with Crippen LogP contribution >= 0.6 is 11.6 Å². The van der Waals surface area contributed by atoms with Crippen LogP contribution in [0.5, 0.6) is 0 Å². The van der Waals surface area contributed by atoms with Gasteiger partial charge in [-0.3, -0.25) is 4.79 Å². The number of nitrogens with one attached hydrogen (secondary N) is 2. The van der Waals surface area contributed by atoms with E-state index in [0.717, 1.165) is 12.1 Å². The molecular formula is C17H17ClN2O. The first-order chi connectivity index (χ1) is 10.1. The number of halogens is 1. The molecule has 0 spiro atoms. The van der Waals surface area contributed by atoms with Crippen LogP contribution in [0.1, 0.15) is 16.7 Å². The molecule has 3 rings (SSSR count). The Kier molecular flexibility index (Phi) is 3.95. The summed E-state index contributed by atoms with van der Waals surface area (Å²) in [6, 6.07) is 13.6. The predicted octanol–water partition coefficient (Wildman–Crippen LogP) is 3.30. The minimum absolute atomic E-state index is 0.0461. The van der Waals surface area contributed by atoms with Crippen molar-refractivity contribution in [3.63, 3.8) is 0 Å². The molecule has 1 aliphatic rings. The highest BCUT2D eigenvalue weighted by molar-refractivity contribution is 6.33. The molecule has 108 valence electrons. The highest BCUT2D eigenvalue weighted by Crippen LogP contribution is 2.24. The van der Waals surface area contributed by atoms with E-state index in [-0.39, 0.29) is 11.9 Å². The summed E-state index contributed by atoms with van der Waals surface area (Å²) in [4.78, 5) is 12.4. The van der Waals surface area contributed by atoms with Crippen molar-refractivity contribution in [2.75, 3.05) is 5.32 Å².